The van der Waals surface area contributed by atoms with Gasteiger partial charge in [-0.15, -0.1) is 0 Å². The van der Waals surface area contributed by atoms with Gasteiger partial charge < -0.3 is 10.1 Å². The van der Waals surface area contributed by atoms with Crippen molar-refractivity contribution in [2.45, 2.75) is 19.7 Å². The van der Waals surface area contributed by atoms with Crippen LogP contribution in [-0.2, 0) is 12.8 Å². The van der Waals surface area contributed by atoms with Gasteiger partial charge in [0.1, 0.15) is 18.2 Å². The number of rotatable bonds is 5. The Morgan fingerprint density at radius 2 is 1.90 bits per heavy atom. The Hall–Kier alpha value is -2.24. The van der Waals surface area contributed by atoms with Crippen molar-refractivity contribution in [3.63, 3.8) is 0 Å². The third-order valence-corrected chi connectivity index (χ3v) is 2.77. The zero-order valence-corrected chi connectivity index (χ0v) is 11.4. The van der Waals surface area contributed by atoms with Crippen LogP contribution < -0.4 is 10.1 Å². The van der Waals surface area contributed by atoms with E-state index >= 15 is 0 Å². The second-order valence-electron chi connectivity index (χ2n) is 4.36. The topological polar surface area (TPSA) is 34.1 Å². The molecular weight excluding hydrogens is 281 g/mol. The molecule has 2 aromatic rings. The van der Waals surface area contributed by atoms with Crippen LogP contribution in [-0.4, -0.2) is 11.5 Å². The highest BCUT2D eigenvalue weighted by Crippen LogP contribution is 2.36. The lowest BCUT2D eigenvalue weighted by Gasteiger charge is -2.13. The summed E-state index contributed by atoms with van der Waals surface area (Å²) in [6.45, 7) is 2.74. The summed E-state index contributed by atoms with van der Waals surface area (Å²) in [5.74, 6) is 0.540. The second kappa shape index (κ2) is 6.47. The van der Waals surface area contributed by atoms with E-state index in [-0.39, 0.29) is 12.4 Å². The molecule has 0 aliphatic heterocycles. The van der Waals surface area contributed by atoms with Crippen LogP contribution in [0.5, 0.6) is 5.75 Å². The van der Waals surface area contributed by atoms with Crippen molar-refractivity contribution in [3.8, 4) is 5.75 Å². The first kappa shape index (κ1) is 15.2. The van der Waals surface area contributed by atoms with E-state index in [9.17, 15) is 13.2 Å². The van der Waals surface area contributed by atoms with E-state index in [2.05, 4.69) is 10.3 Å². The van der Waals surface area contributed by atoms with Gasteiger partial charge in [0.25, 0.3) is 0 Å². The van der Waals surface area contributed by atoms with Crippen LogP contribution in [0.4, 0.5) is 19.0 Å². The summed E-state index contributed by atoms with van der Waals surface area (Å²) in [7, 11) is 0. The minimum Gasteiger partial charge on any atom is -0.488 e. The fourth-order valence-electron chi connectivity index (χ4n) is 1.78. The third-order valence-electron chi connectivity index (χ3n) is 2.77. The lowest BCUT2D eigenvalue weighted by atomic mass is 10.2. The zero-order valence-electron chi connectivity index (χ0n) is 11.4. The predicted molar refractivity (Wildman–Crippen MR) is 74.2 cm³/mol. The quantitative estimate of drug-likeness (QED) is 0.901. The van der Waals surface area contributed by atoms with E-state index in [1.807, 2.05) is 6.92 Å². The molecule has 0 fully saturated rings. The second-order valence-corrected chi connectivity index (χ2v) is 4.36. The molecule has 0 aliphatic carbocycles. The Morgan fingerprint density at radius 1 is 1.14 bits per heavy atom. The standard InChI is InChI=1S/C15H15F3N2O/c1-2-19-14-8-7-11(9-20-14)10-21-13-6-4-3-5-12(13)15(16,17)18/h3-9H,2,10H2,1H3,(H,19,20). The van der Waals surface area contributed by atoms with Crippen LogP contribution in [0, 0.1) is 0 Å². The molecule has 1 aromatic heterocycles. The van der Waals surface area contributed by atoms with Gasteiger partial charge in [0.05, 0.1) is 5.56 Å². The molecular formula is C15H15F3N2O. The summed E-state index contributed by atoms with van der Waals surface area (Å²) >= 11 is 0. The number of para-hydroxylation sites is 1. The largest absolute Gasteiger partial charge is 0.488 e. The highest BCUT2D eigenvalue weighted by Gasteiger charge is 2.33. The molecule has 2 rings (SSSR count). The molecule has 0 aliphatic rings. The monoisotopic (exact) mass is 296 g/mol. The van der Waals surface area contributed by atoms with Gasteiger partial charge >= 0.3 is 6.18 Å². The summed E-state index contributed by atoms with van der Waals surface area (Å²) in [6.07, 6.45) is -2.85. The van der Waals surface area contributed by atoms with Gasteiger partial charge in [-0.3, -0.25) is 0 Å². The van der Waals surface area contributed by atoms with Crippen molar-refractivity contribution in [2.24, 2.45) is 0 Å². The fourth-order valence-corrected chi connectivity index (χ4v) is 1.78. The van der Waals surface area contributed by atoms with Crippen molar-refractivity contribution in [1.29, 1.82) is 0 Å². The van der Waals surface area contributed by atoms with E-state index in [1.165, 1.54) is 18.2 Å². The minimum absolute atomic E-state index is 0.0342. The number of benzene rings is 1. The van der Waals surface area contributed by atoms with Gasteiger partial charge in [0, 0.05) is 18.3 Å². The van der Waals surface area contributed by atoms with Gasteiger partial charge in [-0.2, -0.15) is 13.2 Å². The van der Waals surface area contributed by atoms with Crippen LogP contribution in [0.2, 0.25) is 0 Å². The van der Waals surface area contributed by atoms with Gasteiger partial charge in [-0.05, 0) is 25.1 Å². The van der Waals surface area contributed by atoms with Crippen molar-refractivity contribution in [3.05, 3.63) is 53.7 Å². The van der Waals surface area contributed by atoms with Crippen LogP contribution in [0.15, 0.2) is 42.6 Å². The van der Waals surface area contributed by atoms with Gasteiger partial charge in [-0.1, -0.05) is 18.2 Å². The molecule has 0 saturated heterocycles. The van der Waals surface area contributed by atoms with Gasteiger partial charge in [-0.25, -0.2) is 4.98 Å². The van der Waals surface area contributed by atoms with Crippen LogP contribution in [0.1, 0.15) is 18.1 Å². The normalized spacial score (nSPS) is 11.2. The molecule has 0 bridgehead atoms. The van der Waals surface area contributed by atoms with Gasteiger partial charge in [0.15, 0.2) is 0 Å². The zero-order chi connectivity index (χ0) is 15.3. The molecule has 1 aromatic carbocycles. The lowest BCUT2D eigenvalue weighted by molar-refractivity contribution is -0.139. The number of nitrogens with zero attached hydrogens (tertiary/aromatic N) is 1. The Balaban J connectivity index is 2.06. The highest BCUT2D eigenvalue weighted by atomic mass is 19.4. The number of hydrogen-bond donors (Lipinski definition) is 1. The smallest absolute Gasteiger partial charge is 0.419 e. The van der Waals surface area contributed by atoms with Crippen LogP contribution in [0.3, 0.4) is 0 Å². The first-order valence-corrected chi connectivity index (χ1v) is 6.48. The molecule has 0 radical (unpaired) electrons. The van der Waals surface area contributed by atoms with Crippen molar-refractivity contribution in [1.82, 2.24) is 4.98 Å². The first-order chi connectivity index (χ1) is 10.0. The molecule has 1 heterocycles. The number of nitrogens with one attached hydrogen (secondary N) is 1. The Kier molecular flexibility index (Phi) is 4.67. The Bertz CT molecular complexity index is 582. The molecule has 0 spiro atoms. The molecule has 0 amide bonds. The molecule has 0 atom stereocenters. The molecule has 1 N–H and O–H groups in total. The molecule has 21 heavy (non-hydrogen) atoms. The summed E-state index contributed by atoms with van der Waals surface area (Å²) in [6, 6.07) is 8.68. The first-order valence-electron chi connectivity index (χ1n) is 6.48. The molecule has 3 nitrogen and oxygen atoms in total. The molecule has 112 valence electrons. The van der Waals surface area contributed by atoms with E-state index < -0.39 is 11.7 Å². The van der Waals surface area contributed by atoms with E-state index in [0.29, 0.717) is 5.56 Å². The lowest BCUT2D eigenvalue weighted by Crippen LogP contribution is -2.08. The molecule has 6 heteroatoms. The van der Waals surface area contributed by atoms with Crippen molar-refractivity contribution < 1.29 is 17.9 Å². The Labute approximate surface area is 120 Å². The summed E-state index contributed by atoms with van der Waals surface area (Å²) in [5, 5.41) is 3.04. The van der Waals surface area contributed by atoms with E-state index in [4.69, 9.17) is 4.74 Å². The van der Waals surface area contributed by atoms with E-state index in [1.54, 1.807) is 18.3 Å². The third kappa shape index (κ3) is 4.11. The number of aromatic nitrogens is 1. The van der Waals surface area contributed by atoms with Crippen LogP contribution in [0.25, 0.3) is 0 Å². The number of alkyl halides is 3. The summed E-state index contributed by atoms with van der Waals surface area (Å²) < 4.78 is 43.7. The highest BCUT2D eigenvalue weighted by molar-refractivity contribution is 5.37. The maximum absolute atomic E-state index is 12.8. The number of ether oxygens (including phenoxy) is 1. The average Bonchev–Trinajstić information content (AvgIpc) is 2.46. The summed E-state index contributed by atoms with van der Waals surface area (Å²) in [4.78, 5) is 4.14. The number of hydrogen-bond acceptors (Lipinski definition) is 3. The molecule has 0 saturated carbocycles. The summed E-state index contributed by atoms with van der Waals surface area (Å²) in [5.41, 5.74) is -0.0733. The number of anilines is 1. The van der Waals surface area contributed by atoms with E-state index in [0.717, 1.165) is 18.4 Å². The van der Waals surface area contributed by atoms with Crippen molar-refractivity contribution in [2.75, 3.05) is 11.9 Å². The minimum atomic E-state index is -4.43. The fraction of sp³-hybridized carbons (Fsp3) is 0.267. The van der Waals surface area contributed by atoms with Crippen LogP contribution >= 0.6 is 0 Å². The Morgan fingerprint density at radius 3 is 2.52 bits per heavy atom. The molecule has 0 unspecified atom stereocenters. The maximum Gasteiger partial charge on any atom is 0.419 e. The SMILES string of the molecule is CCNc1ccc(COc2ccccc2C(F)(F)F)cn1. The maximum atomic E-state index is 12.8. The number of halogens is 3. The number of pyridine rings is 1. The predicted octanol–water partition coefficient (Wildman–Crippen LogP) is 4.11. The van der Waals surface area contributed by atoms with Gasteiger partial charge in [0.2, 0.25) is 0 Å². The average molecular weight is 296 g/mol. The van der Waals surface area contributed by atoms with Crippen molar-refractivity contribution >= 4 is 5.82 Å².